The van der Waals surface area contributed by atoms with Crippen molar-refractivity contribution in [3.05, 3.63) is 33.9 Å². The molecule has 0 aliphatic carbocycles. The smallest absolute Gasteiger partial charge is 0.339 e. The Bertz CT molecular complexity index is 649. The van der Waals surface area contributed by atoms with Crippen molar-refractivity contribution in [1.29, 1.82) is 0 Å². The van der Waals surface area contributed by atoms with E-state index in [-0.39, 0.29) is 11.3 Å². The molecule has 10 heteroatoms. The van der Waals surface area contributed by atoms with Crippen LogP contribution in [0.2, 0.25) is 0 Å². The summed E-state index contributed by atoms with van der Waals surface area (Å²) in [5, 5.41) is 15.1. The number of ether oxygens (including phenoxy) is 1. The van der Waals surface area contributed by atoms with Gasteiger partial charge < -0.3 is 10.1 Å². The fraction of sp³-hybridized carbons (Fsp3) is 0.308. The summed E-state index contributed by atoms with van der Waals surface area (Å²) in [6, 6.07) is 3.13. The van der Waals surface area contributed by atoms with Crippen LogP contribution < -0.4 is 10.6 Å². The molecule has 9 nitrogen and oxygen atoms in total. The molecule has 0 aliphatic heterocycles. The highest BCUT2D eigenvalue weighted by Crippen LogP contribution is 2.28. The summed E-state index contributed by atoms with van der Waals surface area (Å²) in [7, 11) is 1.33. The highest BCUT2D eigenvalue weighted by molar-refractivity contribution is 7.98. The van der Waals surface area contributed by atoms with E-state index < -0.39 is 28.9 Å². The molecule has 0 bridgehead atoms. The number of hydrogen-bond donors (Lipinski definition) is 2. The molecule has 0 saturated heterocycles. The van der Waals surface area contributed by atoms with Crippen LogP contribution in [-0.2, 0) is 9.53 Å². The fourth-order valence-electron chi connectivity index (χ4n) is 1.52. The Kier molecular flexibility index (Phi) is 6.51. The number of thioether (sulfide) groups is 1. The van der Waals surface area contributed by atoms with Gasteiger partial charge >= 0.3 is 12.0 Å². The number of amides is 3. The molecule has 23 heavy (non-hydrogen) atoms. The number of hydrogen-bond acceptors (Lipinski definition) is 7. The summed E-state index contributed by atoms with van der Waals surface area (Å²) in [6.45, 7) is 1.28. The number of benzene rings is 1. The minimum atomic E-state index is -1.24. The van der Waals surface area contributed by atoms with Gasteiger partial charge in [0.2, 0.25) is 0 Å². The second-order valence-corrected chi connectivity index (χ2v) is 5.11. The van der Waals surface area contributed by atoms with E-state index in [1.807, 2.05) is 5.32 Å². The maximum Gasteiger partial charge on any atom is 0.339 e. The second-order valence-electron chi connectivity index (χ2n) is 4.26. The monoisotopic (exact) mass is 341 g/mol. The van der Waals surface area contributed by atoms with Gasteiger partial charge in [0.15, 0.2) is 6.10 Å². The first-order valence-corrected chi connectivity index (χ1v) is 7.58. The van der Waals surface area contributed by atoms with Crippen LogP contribution in [-0.4, -0.2) is 42.2 Å². The first-order chi connectivity index (χ1) is 10.8. The van der Waals surface area contributed by atoms with E-state index in [1.54, 1.807) is 6.26 Å². The van der Waals surface area contributed by atoms with E-state index in [1.165, 1.54) is 37.9 Å². The van der Waals surface area contributed by atoms with Crippen LogP contribution in [0.1, 0.15) is 17.3 Å². The molecule has 1 aromatic carbocycles. The Morgan fingerprint density at radius 2 is 2.00 bits per heavy atom. The molecule has 124 valence electrons. The minimum Gasteiger partial charge on any atom is -0.449 e. The van der Waals surface area contributed by atoms with Gasteiger partial charge in [-0.15, -0.1) is 11.8 Å². The summed E-state index contributed by atoms with van der Waals surface area (Å²) in [4.78, 5) is 45.3. The molecule has 1 rings (SSSR count). The molecule has 0 fully saturated rings. The number of nitro benzene ring substituents is 1. The van der Waals surface area contributed by atoms with Crippen molar-refractivity contribution in [2.75, 3.05) is 13.3 Å². The first kappa shape index (κ1) is 18.4. The number of rotatable bonds is 5. The number of carbonyl (C=O) groups is 3. The zero-order valence-electron chi connectivity index (χ0n) is 12.6. The number of carbonyl (C=O) groups excluding carboxylic acids is 3. The van der Waals surface area contributed by atoms with Gasteiger partial charge in [-0.05, 0) is 25.3 Å². The Morgan fingerprint density at radius 1 is 1.35 bits per heavy atom. The van der Waals surface area contributed by atoms with Gasteiger partial charge in [-0.1, -0.05) is 0 Å². The van der Waals surface area contributed by atoms with E-state index in [0.29, 0.717) is 4.90 Å². The lowest BCUT2D eigenvalue weighted by atomic mass is 10.2. The lowest BCUT2D eigenvalue weighted by Crippen LogP contribution is -2.43. The normalized spacial score (nSPS) is 11.3. The topological polar surface area (TPSA) is 128 Å². The van der Waals surface area contributed by atoms with E-state index in [0.717, 1.165) is 6.07 Å². The van der Waals surface area contributed by atoms with Crippen molar-refractivity contribution in [1.82, 2.24) is 10.6 Å². The van der Waals surface area contributed by atoms with Gasteiger partial charge in [-0.25, -0.2) is 9.59 Å². The van der Waals surface area contributed by atoms with Crippen molar-refractivity contribution in [2.24, 2.45) is 0 Å². The molecular weight excluding hydrogens is 326 g/mol. The Hall–Kier alpha value is -2.62. The lowest BCUT2D eigenvalue weighted by molar-refractivity contribution is -0.387. The molecule has 0 unspecified atom stereocenters. The minimum absolute atomic E-state index is 0.0610. The summed E-state index contributed by atoms with van der Waals surface area (Å²) in [6.07, 6.45) is 0.435. The van der Waals surface area contributed by atoms with E-state index in [4.69, 9.17) is 4.74 Å². The van der Waals surface area contributed by atoms with Gasteiger partial charge in [0.05, 0.1) is 15.4 Å². The number of urea groups is 1. The average molecular weight is 341 g/mol. The summed E-state index contributed by atoms with van der Waals surface area (Å²) < 4.78 is 4.89. The Morgan fingerprint density at radius 3 is 2.52 bits per heavy atom. The maximum absolute atomic E-state index is 12.0. The van der Waals surface area contributed by atoms with Crippen LogP contribution in [0, 0.1) is 10.1 Å². The Balaban J connectivity index is 2.86. The molecular formula is C13H15N3O6S. The molecule has 0 radical (unpaired) electrons. The van der Waals surface area contributed by atoms with Crippen LogP contribution in [0.5, 0.6) is 0 Å². The van der Waals surface area contributed by atoms with E-state index >= 15 is 0 Å². The quantitative estimate of drug-likeness (QED) is 0.358. The molecule has 3 amide bonds. The summed E-state index contributed by atoms with van der Waals surface area (Å²) >= 11 is 1.17. The van der Waals surface area contributed by atoms with Gasteiger partial charge in [0.1, 0.15) is 0 Å². The SMILES string of the molecule is CNC(=O)NC(=O)[C@@H](C)OC(=O)c1ccc(SC)c([N+](=O)[O-])c1. The van der Waals surface area contributed by atoms with Crippen molar-refractivity contribution >= 4 is 35.4 Å². The number of nitrogens with one attached hydrogen (secondary N) is 2. The van der Waals surface area contributed by atoms with Gasteiger partial charge in [0.25, 0.3) is 11.6 Å². The molecule has 0 aromatic heterocycles. The summed E-state index contributed by atoms with van der Waals surface area (Å²) in [5.41, 5.74) is -0.288. The fourth-order valence-corrected chi connectivity index (χ4v) is 2.06. The second kappa shape index (κ2) is 8.13. The molecule has 0 spiro atoms. The Labute approximate surface area is 135 Å². The largest absolute Gasteiger partial charge is 0.449 e. The number of imide groups is 1. The third kappa shape index (κ3) is 4.95. The molecule has 0 aliphatic rings. The highest BCUT2D eigenvalue weighted by atomic mass is 32.2. The van der Waals surface area contributed by atoms with Gasteiger partial charge in [0, 0.05) is 13.1 Å². The lowest BCUT2D eigenvalue weighted by Gasteiger charge is -2.12. The van der Waals surface area contributed by atoms with Crippen LogP contribution in [0.4, 0.5) is 10.5 Å². The number of esters is 1. The van der Waals surface area contributed by atoms with Crippen LogP contribution in [0.15, 0.2) is 23.1 Å². The van der Waals surface area contributed by atoms with Crippen LogP contribution in [0.25, 0.3) is 0 Å². The van der Waals surface area contributed by atoms with Gasteiger partial charge in [-0.3, -0.25) is 20.2 Å². The standard InChI is InChI=1S/C13H15N3O6S/c1-7(11(17)15-13(19)14-2)22-12(18)8-4-5-10(23-3)9(6-8)16(20)21/h4-7H,1-3H3,(H2,14,15,17,19)/t7-/m1/s1. The number of nitro groups is 1. The van der Waals surface area contributed by atoms with E-state index in [9.17, 15) is 24.5 Å². The molecule has 0 saturated carbocycles. The van der Waals surface area contributed by atoms with Crippen LogP contribution >= 0.6 is 11.8 Å². The van der Waals surface area contributed by atoms with Crippen molar-refractivity contribution in [3.8, 4) is 0 Å². The number of nitrogens with zero attached hydrogens (tertiary/aromatic N) is 1. The zero-order valence-corrected chi connectivity index (χ0v) is 13.4. The molecule has 0 heterocycles. The van der Waals surface area contributed by atoms with Crippen molar-refractivity contribution in [3.63, 3.8) is 0 Å². The van der Waals surface area contributed by atoms with Crippen molar-refractivity contribution < 1.29 is 24.0 Å². The first-order valence-electron chi connectivity index (χ1n) is 6.36. The third-order valence-corrected chi connectivity index (χ3v) is 3.51. The third-order valence-electron chi connectivity index (χ3n) is 2.73. The predicted molar refractivity (Wildman–Crippen MR) is 82.4 cm³/mol. The average Bonchev–Trinajstić information content (AvgIpc) is 2.53. The summed E-state index contributed by atoms with van der Waals surface area (Å²) in [5.74, 6) is -1.71. The van der Waals surface area contributed by atoms with Crippen molar-refractivity contribution in [2.45, 2.75) is 17.9 Å². The highest BCUT2D eigenvalue weighted by Gasteiger charge is 2.23. The molecule has 1 aromatic rings. The van der Waals surface area contributed by atoms with E-state index in [2.05, 4.69) is 5.32 Å². The molecule has 1 atom stereocenters. The zero-order chi connectivity index (χ0) is 17.6. The molecule has 2 N–H and O–H groups in total. The van der Waals surface area contributed by atoms with Crippen LogP contribution in [0.3, 0.4) is 0 Å². The predicted octanol–water partition coefficient (Wildman–Crippen LogP) is 1.32. The maximum atomic E-state index is 12.0. The van der Waals surface area contributed by atoms with Gasteiger partial charge in [-0.2, -0.15) is 0 Å².